The van der Waals surface area contributed by atoms with Crippen LogP contribution in [-0.4, -0.2) is 9.55 Å². The van der Waals surface area contributed by atoms with Crippen LogP contribution in [0.3, 0.4) is 0 Å². The summed E-state index contributed by atoms with van der Waals surface area (Å²) in [5.41, 5.74) is 9.24. The molecule has 0 bridgehead atoms. The van der Waals surface area contributed by atoms with E-state index < -0.39 is 0 Å². The van der Waals surface area contributed by atoms with Gasteiger partial charge in [0.15, 0.2) is 0 Å². The first-order valence-corrected chi connectivity index (χ1v) is 12.3. The van der Waals surface area contributed by atoms with Crippen molar-refractivity contribution in [1.82, 2.24) is 9.55 Å². The summed E-state index contributed by atoms with van der Waals surface area (Å²) in [4.78, 5) is 7.65. The highest BCUT2D eigenvalue weighted by molar-refractivity contribution is 5.97. The second-order valence-electron chi connectivity index (χ2n) is 9.37. The molecule has 0 saturated heterocycles. The fraction of sp³-hybridized carbons (Fsp3) is 0.0606. The van der Waals surface area contributed by atoms with Gasteiger partial charge in [-0.05, 0) is 42.0 Å². The smallest absolute Gasteiger partial charge is 0.0886 e. The van der Waals surface area contributed by atoms with E-state index >= 15 is 0 Å². The van der Waals surface area contributed by atoms with E-state index in [1.54, 1.807) is 0 Å². The van der Waals surface area contributed by atoms with E-state index in [0.29, 0.717) is 0 Å². The largest absolute Gasteiger partial charge is 0.350 e. The van der Waals surface area contributed by atoms with Crippen LogP contribution in [0.25, 0.3) is 33.6 Å². The maximum absolute atomic E-state index is 5.17. The van der Waals surface area contributed by atoms with Gasteiger partial charge >= 0.3 is 0 Å². The monoisotopic (exact) mass is 463 g/mol. The van der Waals surface area contributed by atoms with Crippen molar-refractivity contribution >= 4 is 39.3 Å². The van der Waals surface area contributed by atoms with Crippen LogP contribution in [0.5, 0.6) is 0 Å². The zero-order chi connectivity index (χ0) is 24.1. The summed E-state index contributed by atoms with van der Waals surface area (Å²) in [6, 6.07) is 40.8. The first kappa shape index (κ1) is 20.7. The van der Waals surface area contributed by atoms with Crippen LogP contribution in [0, 0.1) is 0 Å². The summed E-state index contributed by atoms with van der Waals surface area (Å²) >= 11 is 0. The van der Waals surface area contributed by atoms with Crippen molar-refractivity contribution in [3.8, 4) is 0 Å². The summed E-state index contributed by atoms with van der Waals surface area (Å²) in [6.07, 6.45) is 4.55. The lowest BCUT2D eigenvalue weighted by molar-refractivity contribution is 0.808. The minimum Gasteiger partial charge on any atom is -0.350 e. The number of aromatic nitrogens is 2. The molecule has 3 heterocycles. The van der Waals surface area contributed by atoms with Gasteiger partial charge in [-0.2, -0.15) is 0 Å². The number of nitrogens with zero attached hydrogens (tertiary/aromatic N) is 3. The number of hydrogen-bond acceptors (Lipinski definition) is 2. The molecule has 172 valence electrons. The Labute approximate surface area is 210 Å². The lowest BCUT2D eigenvalue weighted by Crippen LogP contribution is -2.31. The molecule has 4 aromatic carbocycles. The number of para-hydroxylation sites is 3. The average Bonchev–Trinajstić information content (AvgIpc) is 3.28. The second kappa shape index (κ2) is 8.24. The number of hydrogen-bond donors (Lipinski definition) is 0. The molecular formula is C33H25N3. The highest BCUT2D eigenvalue weighted by atomic mass is 15.2. The van der Waals surface area contributed by atoms with Crippen molar-refractivity contribution in [2.45, 2.75) is 6.04 Å². The Morgan fingerprint density at radius 2 is 1.39 bits per heavy atom. The van der Waals surface area contributed by atoms with Gasteiger partial charge in [-0.15, -0.1) is 0 Å². The number of anilines is 1. The van der Waals surface area contributed by atoms with Gasteiger partial charge in [0.25, 0.3) is 0 Å². The van der Waals surface area contributed by atoms with Gasteiger partial charge in [0.2, 0.25) is 0 Å². The third-order valence-electron chi connectivity index (χ3n) is 7.20. The van der Waals surface area contributed by atoms with Gasteiger partial charge in [-0.1, -0.05) is 84.9 Å². The summed E-state index contributed by atoms with van der Waals surface area (Å²) in [6.45, 7) is 0. The third kappa shape index (κ3) is 3.24. The van der Waals surface area contributed by atoms with E-state index in [-0.39, 0.29) is 6.04 Å². The van der Waals surface area contributed by atoms with Crippen LogP contribution in [-0.2, 0) is 7.05 Å². The van der Waals surface area contributed by atoms with Crippen molar-refractivity contribution in [1.29, 1.82) is 0 Å². The van der Waals surface area contributed by atoms with E-state index in [4.69, 9.17) is 4.98 Å². The molecule has 0 aliphatic carbocycles. The second-order valence-corrected chi connectivity index (χ2v) is 9.37. The van der Waals surface area contributed by atoms with Gasteiger partial charge in [0.05, 0.1) is 22.9 Å². The van der Waals surface area contributed by atoms with E-state index in [9.17, 15) is 0 Å². The molecule has 36 heavy (non-hydrogen) atoms. The molecule has 0 spiro atoms. The van der Waals surface area contributed by atoms with Crippen LogP contribution in [0.15, 0.2) is 121 Å². The predicted octanol–water partition coefficient (Wildman–Crippen LogP) is 7.83. The Morgan fingerprint density at radius 3 is 2.22 bits per heavy atom. The highest BCUT2D eigenvalue weighted by Crippen LogP contribution is 2.47. The molecule has 0 N–H and O–H groups in total. The molecule has 2 aromatic heterocycles. The van der Waals surface area contributed by atoms with Gasteiger partial charge in [-0.25, -0.2) is 4.98 Å². The number of benzene rings is 4. The van der Waals surface area contributed by atoms with Gasteiger partial charge < -0.3 is 9.47 Å². The topological polar surface area (TPSA) is 21.1 Å². The van der Waals surface area contributed by atoms with Gasteiger partial charge in [0.1, 0.15) is 0 Å². The fourth-order valence-electron chi connectivity index (χ4n) is 5.56. The Bertz CT molecular complexity index is 1750. The normalized spacial score (nSPS) is 15.2. The van der Waals surface area contributed by atoms with Crippen LogP contribution in [0.1, 0.15) is 28.4 Å². The zero-order valence-corrected chi connectivity index (χ0v) is 20.0. The van der Waals surface area contributed by atoms with Crippen molar-refractivity contribution in [2.75, 3.05) is 4.90 Å². The number of pyridine rings is 1. The van der Waals surface area contributed by atoms with Crippen molar-refractivity contribution < 1.29 is 0 Å². The zero-order valence-electron chi connectivity index (χ0n) is 20.0. The molecule has 6 aromatic rings. The standard InChI is InChI=1S/C33H25N3/c1-35-22-28(26-17-9-11-19-31(26)35)33-27-20-24-14-8-10-18-29(24)34-30(27)21-32(23-12-4-2-5-13-23)36(33)25-15-6-3-7-16-25/h2-22,33H,1H3. The number of fused-ring (bicyclic) bond motifs is 3. The fourth-order valence-corrected chi connectivity index (χ4v) is 5.56. The molecule has 0 amide bonds. The number of aryl methyl sites for hydroxylation is 1. The minimum atomic E-state index is -0.0363. The van der Waals surface area contributed by atoms with E-state index in [2.05, 4.69) is 144 Å². The first-order valence-electron chi connectivity index (χ1n) is 12.3. The summed E-state index contributed by atoms with van der Waals surface area (Å²) in [5.74, 6) is 0. The van der Waals surface area contributed by atoms with E-state index in [1.807, 2.05) is 0 Å². The molecule has 3 heteroatoms. The average molecular weight is 464 g/mol. The summed E-state index contributed by atoms with van der Waals surface area (Å²) < 4.78 is 2.24. The first-order chi connectivity index (χ1) is 17.8. The van der Waals surface area contributed by atoms with Crippen LogP contribution >= 0.6 is 0 Å². The van der Waals surface area contributed by atoms with Crippen LogP contribution < -0.4 is 4.90 Å². The maximum atomic E-state index is 5.17. The van der Waals surface area contributed by atoms with Crippen molar-refractivity contribution in [2.24, 2.45) is 7.05 Å². The molecule has 0 radical (unpaired) electrons. The molecule has 1 unspecified atom stereocenters. The molecule has 1 atom stereocenters. The molecule has 3 nitrogen and oxygen atoms in total. The molecular weight excluding hydrogens is 438 g/mol. The van der Waals surface area contributed by atoms with Gasteiger partial charge in [-0.3, -0.25) is 0 Å². The SMILES string of the molecule is Cn1cc(C2c3cc4ccccc4nc3C=C(c3ccccc3)N2c2ccccc2)c2ccccc21. The minimum absolute atomic E-state index is 0.0363. The summed E-state index contributed by atoms with van der Waals surface area (Å²) in [5, 5.41) is 2.42. The molecule has 0 fully saturated rings. The summed E-state index contributed by atoms with van der Waals surface area (Å²) in [7, 11) is 2.13. The number of rotatable bonds is 3. The van der Waals surface area contributed by atoms with Crippen molar-refractivity contribution in [3.63, 3.8) is 0 Å². The predicted molar refractivity (Wildman–Crippen MR) is 150 cm³/mol. The Morgan fingerprint density at radius 1 is 0.694 bits per heavy atom. The highest BCUT2D eigenvalue weighted by Gasteiger charge is 2.34. The van der Waals surface area contributed by atoms with Gasteiger partial charge in [0, 0.05) is 46.3 Å². The maximum Gasteiger partial charge on any atom is 0.0886 e. The molecule has 0 saturated carbocycles. The van der Waals surface area contributed by atoms with E-state index in [1.165, 1.54) is 27.6 Å². The third-order valence-corrected chi connectivity index (χ3v) is 7.20. The quantitative estimate of drug-likeness (QED) is 0.267. The lowest BCUT2D eigenvalue weighted by atomic mass is 9.88. The molecule has 1 aliphatic rings. The van der Waals surface area contributed by atoms with Crippen LogP contribution in [0.4, 0.5) is 5.69 Å². The molecule has 1 aliphatic heterocycles. The Balaban J connectivity index is 1.59. The van der Waals surface area contributed by atoms with E-state index in [0.717, 1.165) is 28.0 Å². The van der Waals surface area contributed by atoms with Crippen LogP contribution in [0.2, 0.25) is 0 Å². The Hall–Kier alpha value is -4.63. The molecule has 7 rings (SSSR count). The van der Waals surface area contributed by atoms with Crippen molar-refractivity contribution in [3.05, 3.63) is 144 Å². The lowest BCUT2D eigenvalue weighted by Gasteiger charge is -2.39. The Kier molecular flexibility index (Phi) is 4.74.